The van der Waals surface area contributed by atoms with Gasteiger partial charge in [0.25, 0.3) is 5.91 Å². The summed E-state index contributed by atoms with van der Waals surface area (Å²) in [6.45, 7) is 4.15. The van der Waals surface area contributed by atoms with Crippen molar-refractivity contribution in [1.29, 1.82) is 0 Å². The number of carbonyl (C=O) groups is 1. The summed E-state index contributed by atoms with van der Waals surface area (Å²) < 4.78 is 5.50. The Morgan fingerprint density at radius 3 is 2.75 bits per heavy atom. The lowest BCUT2D eigenvalue weighted by molar-refractivity contribution is -0.135. The van der Waals surface area contributed by atoms with Crippen molar-refractivity contribution in [3.8, 4) is 0 Å². The molecule has 0 unspecified atom stereocenters. The van der Waals surface area contributed by atoms with E-state index < -0.39 is 0 Å². The Morgan fingerprint density at radius 2 is 2.15 bits per heavy atom. The SMILES string of the molecule is Cc1ccc(CC2(NC(=O)[C@H]3CNCCO3)CC2)cc1. The van der Waals surface area contributed by atoms with Crippen molar-refractivity contribution in [2.24, 2.45) is 0 Å². The molecular weight excluding hydrogens is 252 g/mol. The maximum Gasteiger partial charge on any atom is 0.250 e. The molecule has 1 aromatic carbocycles. The highest BCUT2D eigenvalue weighted by Crippen LogP contribution is 2.38. The van der Waals surface area contributed by atoms with Crippen molar-refractivity contribution in [1.82, 2.24) is 10.6 Å². The lowest BCUT2D eigenvalue weighted by atomic mass is 10.0. The monoisotopic (exact) mass is 274 g/mol. The molecule has 0 aromatic heterocycles. The van der Waals surface area contributed by atoms with E-state index in [4.69, 9.17) is 4.74 Å². The van der Waals surface area contributed by atoms with Gasteiger partial charge in [0.15, 0.2) is 0 Å². The fraction of sp³-hybridized carbons (Fsp3) is 0.562. The predicted octanol–water partition coefficient (Wildman–Crippen LogP) is 1.17. The van der Waals surface area contributed by atoms with Crippen LogP contribution in [0.3, 0.4) is 0 Å². The number of morpholine rings is 1. The smallest absolute Gasteiger partial charge is 0.250 e. The van der Waals surface area contributed by atoms with Gasteiger partial charge in [-0.2, -0.15) is 0 Å². The molecule has 108 valence electrons. The first-order valence-corrected chi connectivity index (χ1v) is 7.37. The van der Waals surface area contributed by atoms with E-state index in [-0.39, 0.29) is 17.6 Å². The molecule has 4 heteroatoms. The number of aryl methyl sites for hydroxylation is 1. The molecule has 3 rings (SSSR count). The van der Waals surface area contributed by atoms with E-state index in [0.29, 0.717) is 13.2 Å². The van der Waals surface area contributed by atoms with Crippen LogP contribution in [0.4, 0.5) is 0 Å². The van der Waals surface area contributed by atoms with Gasteiger partial charge in [0.1, 0.15) is 6.10 Å². The molecule has 1 heterocycles. The Hall–Kier alpha value is -1.39. The van der Waals surface area contributed by atoms with Crippen molar-refractivity contribution in [2.45, 2.75) is 37.8 Å². The molecule has 0 spiro atoms. The topological polar surface area (TPSA) is 50.4 Å². The van der Waals surface area contributed by atoms with E-state index in [1.54, 1.807) is 0 Å². The first-order chi connectivity index (χ1) is 9.67. The van der Waals surface area contributed by atoms with Gasteiger partial charge in [-0.25, -0.2) is 0 Å². The molecule has 2 N–H and O–H groups in total. The lowest BCUT2D eigenvalue weighted by Crippen LogP contribution is -2.51. The zero-order valence-electron chi connectivity index (χ0n) is 11.9. The van der Waals surface area contributed by atoms with Crippen LogP contribution in [0.15, 0.2) is 24.3 Å². The van der Waals surface area contributed by atoms with E-state index in [1.807, 2.05) is 0 Å². The predicted molar refractivity (Wildman–Crippen MR) is 77.6 cm³/mol. The van der Waals surface area contributed by atoms with Crippen LogP contribution in [-0.4, -0.2) is 37.2 Å². The van der Waals surface area contributed by atoms with Crippen molar-refractivity contribution in [3.05, 3.63) is 35.4 Å². The van der Waals surface area contributed by atoms with E-state index in [0.717, 1.165) is 25.8 Å². The molecule has 1 aliphatic carbocycles. The van der Waals surface area contributed by atoms with Gasteiger partial charge in [-0.3, -0.25) is 4.79 Å². The molecule has 1 amide bonds. The molecule has 0 radical (unpaired) electrons. The van der Waals surface area contributed by atoms with Crippen molar-refractivity contribution >= 4 is 5.91 Å². The fourth-order valence-electron chi connectivity index (χ4n) is 2.67. The van der Waals surface area contributed by atoms with Crippen LogP contribution in [0.5, 0.6) is 0 Å². The van der Waals surface area contributed by atoms with Crippen LogP contribution in [0.2, 0.25) is 0 Å². The van der Waals surface area contributed by atoms with E-state index in [9.17, 15) is 4.79 Å². The minimum Gasteiger partial charge on any atom is -0.366 e. The van der Waals surface area contributed by atoms with Crippen LogP contribution >= 0.6 is 0 Å². The van der Waals surface area contributed by atoms with Gasteiger partial charge in [-0.05, 0) is 31.7 Å². The van der Waals surface area contributed by atoms with Gasteiger partial charge in [0.05, 0.1) is 6.61 Å². The fourth-order valence-corrected chi connectivity index (χ4v) is 2.67. The van der Waals surface area contributed by atoms with Crippen molar-refractivity contribution in [2.75, 3.05) is 19.7 Å². The molecule has 4 nitrogen and oxygen atoms in total. The Balaban J connectivity index is 1.58. The summed E-state index contributed by atoms with van der Waals surface area (Å²) in [5.41, 5.74) is 2.52. The van der Waals surface area contributed by atoms with E-state index in [1.165, 1.54) is 11.1 Å². The van der Waals surface area contributed by atoms with Crippen LogP contribution in [-0.2, 0) is 16.0 Å². The van der Waals surface area contributed by atoms with Crippen molar-refractivity contribution in [3.63, 3.8) is 0 Å². The second kappa shape index (κ2) is 5.54. The van der Waals surface area contributed by atoms with Crippen LogP contribution in [0.1, 0.15) is 24.0 Å². The third-order valence-corrected chi connectivity index (χ3v) is 4.13. The van der Waals surface area contributed by atoms with Gasteiger partial charge in [-0.15, -0.1) is 0 Å². The average Bonchev–Trinajstić information content (AvgIpc) is 3.22. The third-order valence-electron chi connectivity index (χ3n) is 4.13. The summed E-state index contributed by atoms with van der Waals surface area (Å²) in [6, 6.07) is 8.56. The van der Waals surface area contributed by atoms with Crippen LogP contribution in [0.25, 0.3) is 0 Å². The first kappa shape index (κ1) is 13.6. The Labute approximate surface area is 119 Å². The second-order valence-corrected chi connectivity index (χ2v) is 6.00. The number of amides is 1. The summed E-state index contributed by atoms with van der Waals surface area (Å²) in [4.78, 5) is 12.2. The zero-order chi connectivity index (χ0) is 14.0. The van der Waals surface area contributed by atoms with Gasteiger partial charge in [-0.1, -0.05) is 29.8 Å². The molecule has 1 saturated carbocycles. The number of rotatable bonds is 4. The quantitative estimate of drug-likeness (QED) is 0.866. The highest BCUT2D eigenvalue weighted by Gasteiger charge is 2.45. The molecule has 1 atom stereocenters. The first-order valence-electron chi connectivity index (χ1n) is 7.37. The van der Waals surface area contributed by atoms with Gasteiger partial charge < -0.3 is 15.4 Å². The van der Waals surface area contributed by atoms with E-state index >= 15 is 0 Å². The standard InChI is InChI=1S/C16H22N2O2/c1-12-2-4-13(5-3-12)10-16(6-7-16)18-15(19)14-11-17-8-9-20-14/h2-5,14,17H,6-11H2,1H3,(H,18,19)/t14-/m1/s1. The molecule has 20 heavy (non-hydrogen) atoms. The highest BCUT2D eigenvalue weighted by atomic mass is 16.5. The largest absolute Gasteiger partial charge is 0.366 e. The van der Waals surface area contributed by atoms with Gasteiger partial charge >= 0.3 is 0 Å². The van der Waals surface area contributed by atoms with Gasteiger partial charge in [0.2, 0.25) is 0 Å². The number of hydrogen-bond donors (Lipinski definition) is 2. The number of hydrogen-bond acceptors (Lipinski definition) is 3. The molecule has 0 bridgehead atoms. The van der Waals surface area contributed by atoms with Crippen LogP contribution < -0.4 is 10.6 Å². The number of ether oxygens (including phenoxy) is 1. The number of benzene rings is 1. The summed E-state index contributed by atoms with van der Waals surface area (Å²) in [5.74, 6) is 0.0295. The van der Waals surface area contributed by atoms with Crippen molar-refractivity contribution < 1.29 is 9.53 Å². The van der Waals surface area contributed by atoms with Gasteiger partial charge in [0, 0.05) is 18.6 Å². The number of carbonyl (C=O) groups excluding carboxylic acids is 1. The maximum absolute atomic E-state index is 12.2. The third kappa shape index (κ3) is 3.19. The number of nitrogens with one attached hydrogen (secondary N) is 2. The summed E-state index contributed by atoms with van der Waals surface area (Å²) in [5, 5.41) is 6.39. The maximum atomic E-state index is 12.2. The minimum atomic E-state index is -0.334. The molecule has 1 aromatic rings. The highest BCUT2D eigenvalue weighted by molar-refractivity contribution is 5.82. The van der Waals surface area contributed by atoms with Crippen LogP contribution in [0, 0.1) is 6.92 Å². The second-order valence-electron chi connectivity index (χ2n) is 6.00. The normalized spacial score (nSPS) is 24.1. The Bertz CT molecular complexity index is 474. The average molecular weight is 274 g/mol. The van der Waals surface area contributed by atoms with E-state index in [2.05, 4.69) is 41.8 Å². The molecule has 1 aliphatic heterocycles. The lowest BCUT2D eigenvalue weighted by Gasteiger charge is -2.26. The summed E-state index contributed by atoms with van der Waals surface area (Å²) in [6.07, 6.45) is 2.71. The molecule has 2 aliphatic rings. The minimum absolute atomic E-state index is 0.0295. The Kier molecular flexibility index (Phi) is 3.76. The zero-order valence-corrected chi connectivity index (χ0v) is 11.9. The summed E-state index contributed by atoms with van der Waals surface area (Å²) >= 11 is 0. The molecule has 1 saturated heterocycles. The molecule has 2 fully saturated rings. The Morgan fingerprint density at radius 1 is 1.40 bits per heavy atom. The molecular formula is C16H22N2O2. The summed E-state index contributed by atoms with van der Waals surface area (Å²) in [7, 11) is 0.